The average Bonchev–Trinajstić information content (AvgIpc) is 2.33. The van der Waals surface area contributed by atoms with Crippen molar-refractivity contribution in [2.24, 2.45) is 0 Å². The summed E-state index contributed by atoms with van der Waals surface area (Å²) in [6.07, 6.45) is -0.699. The van der Waals surface area contributed by atoms with Crippen molar-refractivity contribution >= 4 is 34.7 Å². The highest BCUT2D eigenvalue weighted by Gasteiger charge is 2.43. The van der Waals surface area contributed by atoms with Gasteiger partial charge in [0, 0.05) is 13.5 Å². The van der Waals surface area contributed by atoms with Gasteiger partial charge in [0.15, 0.2) is 6.04 Å². The lowest BCUT2D eigenvalue weighted by molar-refractivity contribution is -0.146. The van der Waals surface area contributed by atoms with Crippen molar-refractivity contribution in [1.29, 1.82) is 0 Å². The van der Waals surface area contributed by atoms with Crippen molar-refractivity contribution in [3.63, 3.8) is 0 Å². The first-order valence-corrected chi connectivity index (χ1v) is 6.48. The Morgan fingerprint density at radius 3 is 2.20 bits per heavy atom. The quantitative estimate of drug-likeness (QED) is 0.424. The van der Waals surface area contributed by atoms with Gasteiger partial charge in [-0.15, -0.1) is 0 Å². The second kappa shape index (κ2) is 7.85. The molecule has 0 rings (SSSR count). The smallest absolute Gasteiger partial charge is 0.330 e. The molecular formula is C11H17NO7S. The third kappa shape index (κ3) is 5.57. The Balaban J connectivity index is 5.11. The van der Waals surface area contributed by atoms with E-state index in [2.05, 4.69) is 5.32 Å². The number of carbonyl (C=O) groups excluding carboxylic acids is 2. The fourth-order valence-electron chi connectivity index (χ4n) is 1.28. The first-order chi connectivity index (χ1) is 9.16. The lowest BCUT2D eigenvalue weighted by Crippen LogP contribution is -2.55. The molecule has 0 heterocycles. The van der Waals surface area contributed by atoms with Gasteiger partial charge in [0.25, 0.3) is 0 Å². The van der Waals surface area contributed by atoms with Crippen LogP contribution in [-0.2, 0) is 23.9 Å². The zero-order valence-electron chi connectivity index (χ0n) is 11.3. The molecule has 1 amide bonds. The molecule has 0 aromatic heterocycles. The van der Waals surface area contributed by atoms with E-state index in [0.717, 1.165) is 0 Å². The fraction of sp³-hybridized carbons (Fsp3) is 0.636. The van der Waals surface area contributed by atoms with E-state index in [1.807, 2.05) is 0 Å². The molecule has 0 bridgehead atoms. The normalized spacial score (nSPS) is 14.9. The minimum absolute atomic E-state index is 0.0668. The second-order valence-electron chi connectivity index (χ2n) is 3.96. The third-order valence-electron chi connectivity index (χ3n) is 2.42. The van der Waals surface area contributed by atoms with Gasteiger partial charge in [-0.05, 0) is 18.7 Å². The lowest BCUT2D eigenvalue weighted by Gasteiger charge is -2.32. The molecule has 3 N–H and O–H groups in total. The second-order valence-corrected chi connectivity index (χ2v) is 5.43. The Kier molecular flexibility index (Phi) is 7.22. The Bertz CT molecular complexity index is 412. The van der Waals surface area contributed by atoms with E-state index in [1.165, 1.54) is 14.0 Å². The third-order valence-corrected chi connectivity index (χ3v) is 3.59. The maximum Gasteiger partial charge on any atom is 0.330 e. The van der Waals surface area contributed by atoms with Crippen molar-refractivity contribution in [2.75, 3.05) is 7.11 Å². The summed E-state index contributed by atoms with van der Waals surface area (Å²) >= 11 is 0.427. The highest BCUT2D eigenvalue weighted by atomic mass is 32.2. The zero-order valence-corrected chi connectivity index (χ0v) is 12.2. The van der Waals surface area contributed by atoms with Crippen LogP contribution in [0.3, 0.4) is 0 Å². The van der Waals surface area contributed by atoms with E-state index in [9.17, 15) is 19.2 Å². The van der Waals surface area contributed by atoms with Gasteiger partial charge in [0.05, 0.1) is 0 Å². The summed E-state index contributed by atoms with van der Waals surface area (Å²) in [5.74, 6) is -3.23. The summed E-state index contributed by atoms with van der Waals surface area (Å²) < 4.78 is 5.01. The van der Waals surface area contributed by atoms with Crippen LogP contribution in [0.5, 0.6) is 0 Å². The molecule has 0 saturated carbocycles. The van der Waals surface area contributed by atoms with Crippen LogP contribution >= 0.6 is 11.8 Å². The number of aliphatic carboxylic acids is 2. The van der Waals surface area contributed by atoms with E-state index < -0.39 is 40.4 Å². The van der Waals surface area contributed by atoms with Crippen LogP contribution < -0.4 is 5.32 Å². The number of hydrogen-bond acceptors (Lipinski definition) is 6. The Labute approximate surface area is 119 Å². The number of hydrogen-bond donors (Lipinski definition) is 3. The van der Waals surface area contributed by atoms with Crippen molar-refractivity contribution in [3.05, 3.63) is 0 Å². The van der Waals surface area contributed by atoms with Gasteiger partial charge in [-0.25, -0.2) is 4.79 Å². The van der Waals surface area contributed by atoms with E-state index in [4.69, 9.17) is 14.9 Å². The van der Waals surface area contributed by atoms with Gasteiger partial charge in [0.2, 0.25) is 11.0 Å². The molecular weight excluding hydrogens is 290 g/mol. The molecule has 9 heteroatoms. The monoisotopic (exact) mass is 307 g/mol. The average molecular weight is 307 g/mol. The number of carboxylic acids is 2. The molecule has 20 heavy (non-hydrogen) atoms. The largest absolute Gasteiger partial charge is 0.481 e. The predicted molar refractivity (Wildman–Crippen MR) is 70.1 cm³/mol. The number of thioether (sulfide) groups is 1. The van der Waals surface area contributed by atoms with Crippen molar-refractivity contribution < 1.29 is 34.1 Å². The molecule has 0 aliphatic rings. The summed E-state index contributed by atoms with van der Waals surface area (Å²) in [7, 11) is 1.18. The summed E-state index contributed by atoms with van der Waals surface area (Å²) in [4.78, 5) is 42.9. The maximum atomic E-state index is 11.5. The highest BCUT2D eigenvalue weighted by molar-refractivity contribution is 8.14. The van der Waals surface area contributed by atoms with Gasteiger partial charge >= 0.3 is 11.9 Å². The standard InChI is InChI=1S/C11H17NO7S/c1-4-6(13)12-9(10(17)18)11(2,19-3)20-8(16)5-7(14)15/h9H,4-5H2,1-3H3,(H,12,13)(H,14,15)(H,17,18)/t9-,11?/m1/s1. The molecule has 0 aliphatic carbocycles. The highest BCUT2D eigenvalue weighted by Crippen LogP contribution is 2.31. The summed E-state index contributed by atoms with van der Waals surface area (Å²) in [5, 5.41) is 19.1. The lowest BCUT2D eigenvalue weighted by atomic mass is 10.1. The first-order valence-electron chi connectivity index (χ1n) is 5.67. The molecule has 8 nitrogen and oxygen atoms in total. The molecule has 0 aliphatic heterocycles. The van der Waals surface area contributed by atoms with E-state index in [0.29, 0.717) is 11.8 Å². The first kappa shape index (κ1) is 18.4. The topological polar surface area (TPSA) is 130 Å². The van der Waals surface area contributed by atoms with Gasteiger partial charge in [-0.3, -0.25) is 14.4 Å². The van der Waals surface area contributed by atoms with Crippen LogP contribution in [0, 0.1) is 0 Å². The van der Waals surface area contributed by atoms with Crippen LogP contribution in [0.25, 0.3) is 0 Å². The van der Waals surface area contributed by atoms with Crippen LogP contribution in [-0.4, -0.2) is 51.3 Å². The number of methoxy groups -OCH3 is 1. The summed E-state index contributed by atoms with van der Waals surface area (Å²) in [6, 6.07) is -1.48. The molecule has 0 aromatic carbocycles. The fourth-order valence-corrected chi connectivity index (χ4v) is 2.29. The minimum Gasteiger partial charge on any atom is -0.481 e. The molecule has 0 radical (unpaired) electrons. The van der Waals surface area contributed by atoms with Crippen molar-refractivity contribution in [1.82, 2.24) is 5.32 Å². The van der Waals surface area contributed by atoms with Crippen LogP contribution in [0.15, 0.2) is 0 Å². The zero-order chi connectivity index (χ0) is 15.9. The van der Waals surface area contributed by atoms with E-state index in [1.54, 1.807) is 6.92 Å². The van der Waals surface area contributed by atoms with E-state index in [-0.39, 0.29) is 6.42 Å². The van der Waals surface area contributed by atoms with Crippen LogP contribution in [0.2, 0.25) is 0 Å². The number of carbonyl (C=O) groups is 4. The molecule has 0 fully saturated rings. The minimum atomic E-state index is -1.61. The number of amides is 1. The number of rotatable bonds is 8. The molecule has 0 spiro atoms. The summed E-state index contributed by atoms with van der Waals surface area (Å²) in [5.41, 5.74) is 0. The molecule has 0 saturated heterocycles. The number of ether oxygens (including phenoxy) is 1. The molecule has 1 unspecified atom stereocenters. The van der Waals surface area contributed by atoms with E-state index >= 15 is 0 Å². The molecule has 2 atom stereocenters. The van der Waals surface area contributed by atoms with Gasteiger partial charge < -0.3 is 20.3 Å². The van der Waals surface area contributed by atoms with Gasteiger partial charge in [0.1, 0.15) is 11.4 Å². The SMILES string of the molecule is CCC(=O)N[C@H](C(=O)O)C(C)(OC)SC(=O)CC(=O)O. The molecule has 114 valence electrons. The molecule has 0 aromatic rings. The van der Waals surface area contributed by atoms with Crippen molar-refractivity contribution in [3.8, 4) is 0 Å². The summed E-state index contributed by atoms with van der Waals surface area (Å²) in [6.45, 7) is 2.84. The number of nitrogens with one attached hydrogen (secondary N) is 1. The maximum absolute atomic E-state index is 11.5. The predicted octanol–water partition coefficient (Wildman–Crippen LogP) is 0.0629. The number of carboxylic acid groups (broad SMARTS) is 2. The van der Waals surface area contributed by atoms with Crippen LogP contribution in [0.4, 0.5) is 0 Å². The van der Waals surface area contributed by atoms with Crippen LogP contribution in [0.1, 0.15) is 26.7 Å². The van der Waals surface area contributed by atoms with Crippen molar-refractivity contribution in [2.45, 2.75) is 37.7 Å². The Hall–Kier alpha value is -1.61. The van der Waals surface area contributed by atoms with Gasteiger partial charge in [-0.1, -0.05) is 6.92 Å². The Morgan fingerprint density at radius 2 is 1.85 bits per heavy atom. The van der Waals surface area contributed by atoms with Gasteiger partial charge in [-0.2, -0.15) is 0 Å². The Morgan fingerprint density at radius 1 is 1.30 bits per heavy atom.